The molecule has 7 nitrogen and oxygen atoms in total. The average molecular weight is 500 g/mol. The smallest absolute Gasteiger partial charge is 0.261 e. The quantitative estimate of drug-likeness (QED) is 0.530. The highest BCUT2D eigenvalue weighted by Crippen LogP contribution is 2.23. The summed E-state index contributed by atoms with van der Waals surface area (Å²) in [6.45, 7) is 0.800. The Hall–Kier alpha value is -3.79. The first-order valence-corrected chi connectivity index (χ1v) is 12.4. The molecule has 10 heteroatoms. The van der Waals surface area contributed by atoms with Crippen molar-refractivity contribution < 1.29 is 26.8 Å². The van der Waals surface area contributed by atoms with Gasteiger partial charge in [-0.15, -0.1) is 0 Å². The molecule has 1 saturated heterocycles. The van der Waals surface area contributed by atoms with Crippen LogP contribution in [0.3, 0.4) is 0 Å². The molecule has 2 N–H and O–H groups in total. The van der Waals surface area contributed by atoms with Crippen LogP contribution in [0.15, 0.2) is 77.7 Å². The van der Waals surface area contributed by atoms with Crippen molar-refractivity contribution in [2.24, 2.45) is 5.92 Å². The lowest BCUT2D eigenvalue weighted by Gasteiger charge is -2.31. The van der Waals surface area contributed by atoms with Gasteiger partial charge in [-0.25, -0.2) is 17.2 Å². The van der Waals surface area contributed by atoms with Crippen molar-refractivity contribution in [2.45, 2.75) is 17.7 Å². The van der Waals surface area contributed by atoms with Gasteiger partial charge in [0.25, 0.3) is 15.9 Å². The third-order valence-electron chi connectivity index (χ3n) is 5.75. The molecule has 4 rings (SSSR count). The van der Waals surface area contributed by atoms with Gasteiger partial charge in [0.1, 0.15) is 11.6 Å². The lowest BCUT2D eigenvalue weighted by atomic mass is 9.95. The molecule has 182 valence electrons. The van der Waals surface area contributed by atoms with Crippen LogP contribution in [0.1, 0.15) is 23.2 Å². The second-order valence-corrected chi connectivity index (χ2v) is 9.89. The fourth-order valence-corrected chi connectivity index (χ4v) is 4.90. The SMILES string of the molecule is O=C(Nc1ccc(S(=O)(=O)Nc2cccc(F)c2)cc1)C1CCN(C(=O)c2ccc(F)cc2)CC1. The second kappa shape index (κ2) is 10.2. The topological polar surface area (TPSA) is 95.6 Å². The van der Waals surface area contributed by atoms with Crippen LogP contribution in [0.5, 0.6) is 0 Å². The molecule has 35 heavy (non-hydrogen) atoms. The van der Waals surface area contributed by atoms with E-state index in [-0.39, 0.29) is 28.3 Å². The molecule has 0 radical (unpaired) electrons. The van der Waals surface area contributed by atoms with E-state index in [4.69, 9.17) is 0 Å². The van der Waals surface area contributed by atoms with E-state index in [0.29, 0.717) is 37.2 Å². The minimum absolute atomic E-state index is 0.0348. The molecule has 0 atom stereocenters. The van der Waals surface area contributed by atoms with Crippen LogP contribution >= 0.6 is 0 Å². The summed E-state index contributed by atoms with van der Waals surface area (Å²) in [4.78, 5) is 26.8. The van der Waals surface area contributed by atoms with Crippen molar-refractivity contribution in [3.05, 3.63) is 90.0 Å². The summed E-state index contributed by atoms with van der Waals surface area (Å²) in [6.07, 6.45) is 0.950. The van der Waals surface area contributed by atoms with E-state index >= 15 is 0 Å². The summed E-state index contributed by atoms with van der Waals surface area (Å²) >= 11 is 0. The molecule has 0 aliphatic carbocycles. The van der Waals surface area contributed by atoms with Crippen molar-refractivity contribution in [3.63, 3.8) is 0 Å². The highest BCUT2D eigenvalue weighted by Gasteiger charge is 2.28. The van der Waals surface area contributed by atoms with Gasteiger partial charge in [0, 0.05) is 30.3 Å². The van der Waals surface area contributed by atoms with E-state index in [0.717, 1.165) is 6.07 Å². The Bertz CT molecular complexity index is 1320. The number of hydrogen-bond donors (Lipinski definition) is 2. The molecule has 1 fully saturated rings. The van der Waals surface area contributed by atoms with E-state index in [1.807, 2.05) is 0 Å². The number of piperidine rings is 1. The van der Waals surface area contributed by atoms with E-state index in [9.17, 15) is 26.8 Å². The van der Waals surface area contributed by atoms with Crippen molar-refractivity contribution in [3.8, 4) is 0 Å². The maximum Gasteiger partial charge on any atom is 0.261 e. The molecule has 0 saturated carbocycles. The number of halogens is 2. The Morgan fingerprint density at radius 2 is 1.49 bits per heavy atom. The monoisotopic (exact) mass is 499 g/mol. The van der Waals surface area contributed by atoms with Crippen LogP contribution in [-0.4, -0.2) is 38.2 Å². The van der Waals surface area contributed by atoms with Gasteiger partial charge in [0.15, 0.2) is 0 Å². The second-order valence-electron chi connectivity index (χ2n) is 8.20. The summed E-state index contributed by atoms with van der Waals surface area (Å²) in [5.74, 6) is -1.69. The normalized spacial score (nSPS) is 14.4. The number of nitrogens with zero attached hydrogens (tertiary/aromatic N) is 1. The number of rotatable bonds is 6. The standard InChI is InChI=1S/C25H23F2N3O4S/c26-19-6-4-18(5-7-19)25(32)30-14-12-17(13-15-30)24(31)28-21-8-10-23(11-9-21)35(33,34)29-22-3-1-2-20(27)16-22/h1-11,16-17,29H,12-15H2,(H,28,31). The fourth-order valence-electron chi connectivity index (χ4n) is 3.85. The summed E-state index contributed by atoms with van der Waals surface area (Å²) < 4.78 is 53.8. The summed E-state index contributed by atoms with van der Waals surface area (Å²) in [5.41, 5.74) is 0.937. The third-order valence-corrected chi connectivity index (χ3v) is 7.15. The van der Waals surface area contributed by atoms with E-state index in [2.05, 4.69) is 10.0 Å². The Morgan fingerprint density at radius 1 is 0.829 bits per heavy atom. The minimum atomic E-state index is -3.92. The molecule has 2 amide bonds. The number of carbonyl (C=O) groups excluding carboxylic acids is 2. The fraction of sp³-hybridized carbons (Fsp3) is 0.200. The lowest BCUT2D eigenvalue weighted by Crippen LogP contribution is -2.41. The van der Waals surface area contributed by atoms with Gasteiger partial charge >= 0.3 is 0 Å². The Kier molecular flexibility index (Phi) is 7.11. The molecule has 3 aromatic rings. The zero-order valence-corrected chi connectivity index (χ0v) is 19.4. The molecule has 0 spiro atoms. The number of sulfonamides is 1. The van der Waals surface area contributed by atoms with E-state index in [1.54, 1.807) is 4.90 Å². The molecule has 1 heterocycles. The average Bonchev–Trinajstić information content (AvgIpc) is 2.84. The molecule has 0 bridgehead atoms. The molecule has 1 aliphatic heterocycles. The zero-order valence-electron chi connectivity index (χ0n) is 18.6. The number of anilines is 2. The maximum absolute atomic E-state index is 13.3. The summed E-state index contributed by atoms with van der Waals surface area (Å²) in [7, 11) is -3.92. The molecule has 3 aromatic carbocycles. The Labute approximate surface area is 201 Å². The highest BCUT2D eigenvalue weighted by molar-refractivity contribution is 7.92. The first-order chi connectivity index (χ1) is 16.7. The number of amides is 2. The molecular formula is C25H23F2N3O4S. The van der Waals surface area contributed by atoms with E-state index in [1.165, 1.54) is 66.7 Å². The minimum Gasteiger partial charge on any atom is -0.339 e. The van der Waals surface area contributed by atoms with Crippen molar-refractivity contribution in [2.75, 3.05) is 23.1 Å². The van der Waals surface area contributed by atoms with E-state index < -0.39 is 21.7 Å². The van der Waals surface area contributed by atoms with Gasteiger partial charge < -0.3 is 10.2 Å². The molecule has 0 aromatic heterocycles. The predicted octanol–water partition coefficient (Wildman–Crippen LogP) is 4.26. The summed E-state index contributed by atoms with van der Waals surface area (Å²) in [5, 5.41) is 2.78. The van der Waals surface area contributed by atoms with Gasteiger partial charge in [-0.1, -0.05) is 6.07 Å². The Balaban J connectivity index is 1.31. The molecule has 0 unspecified atom stereocenters. The predicted molar refractivity (Wildman–Crippen MR) is 127 cm³/mol. The van der Waals surface area contributed by atoms with Crippen LogP contribution in [0.4, 0.5) is 20.2 Å². The third kappa shape index (κ3) is 6.02. The van der Waals surface area contributed by atoms with Crippen molar-refractivity contribution >= 4 is 33.2 Å². The lowest BCUT2D eigenvalue weighted by molar-refractivity contribution is -0.121. The largest absolute Gasteiger partial charge is 0.339 e. The molecule has 1 aliphatic rings. The highest BCUT2D eigenvalue weighted by atomic mass is 32.2. The van der Waals surface area contributed by atoms with Gasteiger partial charge in [0.2, 0.25) is 5.91 Å². The number of carbonyl (C=O) groups is 2. The van der Waals surface area contributed by atoms with Crippen molar-refractivity contribution in [1.82, 2.24) is 4.90 Å². The van der Waals surface area contributed by atoms with Gasteiger partial charge in [-0.2, -0.15) is 0 Å². The number of hydrogen-bond acceptors (Lipinski definition) is 4. The van der Waals surface area contributed by atoms with Gasteiger partial charge in [0.05, 0.1) is 10.6 Å². The number of benzene rings is 3. The first kappa shape index (κ1) is 24.3. The number of nitrogens with one attached hydrogen (secondary N) is 2. The van der Waals surface area contributed by atoms with Crippen LogP contribution in [-0.2, 0) is 14.8 Å². The van der Waals surface area contributed by atoms with Gasteiger partial charge in [-0.05, 0) is 79.6 Å². The Morgan fingerprint density at radius 3 is 2.11 bits per heavy atom. The van der Waals surface area contributed by atoms with Crippen LogP contribution in [0.2, 0.25) is 0 Å². The number of likely N-dealkylation sites (tertiary alicyclic amines) is 1. The zero-order chi connectivity index (χ0) is 25.0. The van der Waals surface area contributed by atoms with Crippen LogP contribution in [0, 0.1) is 17.6 Å². The molecular weight excluding hydrogens is 476 g/mol. The van der Waals surface area contributed by atoms with Crippen LogP contribution in [0.25, 0.3) is 0 Å². The maximum atomic E-state index is 13.3. The van der Waals surface area contributed by atoms with Crippen LogP contribution < -0.4 is 10.0 Å². The van der Waals surface area contributed by atoms with Gasteiger partial charge in [-0.3, -0.25) is 14.3 Å². The van der Waals surface area contributed by atoms with Crippen molar-refractivity contribution in [1.29, 1.82) is 0 Å². The first-order valence-electron chi connectivity index (χ1n) is 11.0. The summed E-state index contributed by atoms with van der Waals surface area (Å²) in [6, 6.07) is 16.1.